The normalized spacial score (nSPS) is 14.5. The topological polar surface area (TPSA) is 29.1 Å². The monoisotopic (exact) mass is 376 g/mol. The minimum atomic E-state index is -2.16. The van der Waals surface area contributed by atoms with E-state index >= 15 is 0 Å². The first kappa shape index (κ1) is 17.1. The summed E-state index contributed by atoms with van der Waals surface area (Å²) >= 11 is 1.58. The summed E-state index contributed by atoms with van der Waals surface area (Å²) in [6, 6.07) is 31.7. The van der Waals surface area contributed by atoms with Gasteiger partial charge in [-0.25, -0.2) is 0 Å². The fourth-order valence-electron chi connectivity index (χ4n) is 3.39. The molecule has 1 N–H and O–H groups in total. The lowest BCUT2D eigenvalue weighted by Crippen LogP contribution is -2.39. The molecule has 0 radical (unpaired) electrons. The molecule has 0 saturated heterocycles. The van der Waals surface area contributed by atoms with E-state index in [0.29, 0.717) is 5.75 Å². The average Bonchev–Trinajstić information content (AvgIpc) is 2.71. The summed E-state index contributed by atoms with van der Waals surface area (Å²) in [6.45, 7) is 0. The molecule has 0 saturated carbocycles. The third kappa shape index (κ3) is 2.98. The zero-order chi connectivity index (χ0) is 17.8. The first-order valence-electron chi connectivity index (χ1n) is 8.50. The quantitative estimate of drug-likeness (QED) is 0.705. The average molecular weight is 376 g/mol. The summed E-state index contributed by atoms with van der Waals surface area (Å²) in [6.07, 6.45) is 0. The predicted octanol–water partition coefficient (Wildman–Crippen LogP) is 3.64. The number of thioether (sulfide) groups is 1. The number of rotatable bonds is 4. The summed E-state index contributed by atoms with van der Waals surface area (Å²) in [5.41, 5.74) is 1.02. The van der Waals surface area contributed by atoms with Gasteiger partial charge in [0.25, 0.3) is 0 Å². The smallest absolute Gasteiger partial charge is 0.237 e. The van der Waals surface area contributed by atoms with Crippen molar-refractivity contribution in [2.75, 3.05) is 5.75 Å². The molecule has 4 rings (SSSR count). The molecule has 0 unspecified atom stereocenters. The van der Waals surface area contributed by atoms with Gasteiger partial charge in [0, 0.05) is 5.41 Å². The fourth-order valence-corrected chi connectivity index (χ4v) is 8.65. The van der Waals surface area contributed by atoms with Gasteiger partial charge in [0.1, 0.15) is 15.9 Å². The summed E-state index contributed by atoms with van der Waals surface area (Å²) < 4.78 is 0. The van der Waals surface area contributed by atoms with Crippen molar-refractivity contribution in [2.45, 2.75) is 0 Å². The highest BCUT2D eigenvalue weighted by molar-refractivity contribution is 8.05. The first-order chi connectivity index (χ1) is 12.8. The van der Waals surface area contributed by atoms with E-state index in [2.05, 4.69) is 83.5 Å². The second-order valence-electron chi connectivity index (χ2n) is 6.04. The highest BCUT2D eigenvalue weighted by atomic mass is 32.2. The molecular formula is C22H19NOPS+. The third-order valence-electron chi connectivity index (χ3n) is 4.47. The molecule has 3 aromatic rings. The van der Waals surface area contributed by atoms with Crippen molar-refractivity contribution in [3.05, 3.63) is 102 Å². The van der Waals surface area contributed by atoms with Crippen molar-refractivity contribution >= 4 is 40.8 Å². The Morgan fingerprint density at radius 2 is 1.12 bits per heavy atom. The number of carbonyl (C=O) groups is 1. The number of carbonyl (C=O) groups excluding carboxylic acids is 1. The Balaban J connectivity index is 2.07. The Kier molecular flexibility index (Phi) is 4.92. The molecule has 1 heterocycles. The molecule has 1 amide bonds. The standard InChI is InChI=1S/C22H18NOPS/c24-21-16-26-17-22(23-21)25(18-10-4-1-5-11-18,19-12-6-2-7-13-19)20-14-8-3-9-15-20/h1-15,17H,16H2/p+1. The Morgan fingerprint density at radius 1 is 0.692 bits per heavy atom. The lowest BCUT2D eigenvalue weighted by atomic mass is 10.4. The molecule has 4 heteroatoms. The third-order valence-corrected chi connectivity index (χ3v) is 9.66. The van der Waals surface area contributed by atoms with Crippen molar-refractivity contribution in [1.29, 1.82) is 0 Å². The van der Waals surface area contributed by atoms with Crippen LogP contribution in [-0.4, -0.2) is 11.7 Å². The van der Waals surface area contributed by atoms with E-state index in [1.54, 1.807) is 11.8 Å². The van der Waals surface area contributed by atoms with Crippen LogP contribution in [0.5, 0.6) is 0 Å². The highest BCUT2D eigenvalue weighted by Gasteiger charge is 2.51. The largest absolute Gasteiger partial charge is 0.295 e. The Hall–Kier alpha value is -2.35. The maximum Gasteiger partial charge on any atom is 0.237 e. The molecule has 0 atom stereocenters. The zero-order valence-corrected chi connectivity index (χ0v) is 15.9. The fraction of sp³-hybridized carbons (Fsp3) is 0.0455. The minimum absolute atomic E-state index is 0.0691. The van der Waals surface area contributed by atoms with Gasteiger partial charge in [0.05, 0.1) is 5.75 Å². The molecule has 0 fully saturated rings. The second kappa shape index (κ2) is 7.49. The molecule has 2 nitrogen and oxygen atoms in total. The van der Waals surface area contributed by atoms with Crippen LogP contribution in [0.1, 0.15) is 0 Å². The number of amides is 1. The summed E-state index contributed by atoms with van der Waals surface area (Å²) in [4.78, 5) is 12.3. The van der Waals surface area contributed by atoms with Gasteiger partial charge in [-0.05, 0) is 36.4 Å². The molecule has 3 aromatic carbocycles. The molecule has 1 aliphatic heterocycles. The van der Waals surface area contributed by atoms with Crippen molar-refractivity contribution in [1.82, 2.24) is 5.32 Å². The zero-order valence-electron chi connectivity index (χ0n) is 14.2. The van der Waals surface area contributed by atoms with Crippen LogP contribution in [0.4, 0.5) is 0 Å². The summed E-state index contributed by atoms with van der Waals surface area (Å²) in [5.74, 6) is 0.543. The van der Waals surface area contributed by atoms with Gasteiger partial charge in [-0.2, -0.15) is 0 Å². The number of hydrogen-bond acceptors (Lipinski definition) is 2. The summed E-state index contributed by atoms with van der Waals surface area (Å²) in [7, 11) is -2.16. The molecule has 26 heavy (non-hydrogen) atoms. The SMILES string of the molecule is O=C1CSC=C([P+](c2ccccc2)(c2ccccc2)c2ccccc2)N1. The van der Waals surface area contributed by atoms with Crippen LogP contribution in [0.25, 0.3) is 0 Å². The van der Waals surface area contributed by atoms with E-state index in [4.69, 9.17) is 0 Å². The van der Waals surface area contributed by atoms with Crippen LogP contribution < -0.4 is 21.2 Å². The Morgan fingerprint density at radius 3 is 1.50 bits per heavy atom. The van der Waals surface area contributed by atoms with E-state index in [1.807, 2.05) is 18.2 Å². The van der Waals surface area contributed by atoms with E-state index in [-0.39, 0.29) is 5.91 Å². The molecule has 0 bridgehead atoms. The molecule has 128 valence electrons. The number of nitrogens with one attached hydrogen (secondary N) is 1. The van der Waals surface area contributed by atoms with Gasteiger partial charge in [-0.15, -0.1) is 11.8 Å². The van der Waals surface area contributed by atoms with E-state index in [9.17, 15) is 4.79 Å². The molecule has 0 aromatic heterocycles. The van der Waals surface area contributed by atoms with Gasteiger partial charge in [-0.1, -0.05) is 54.6 Å². The lowest BCUT2D eigenvalue weighted by Gasteiger charge is -2.30. The van der Waals surface area contributed by atoms with Crippen LogP contribution >= 0.6 is 19.0 Å². The van der Waals surface area contributed by atoms with Crippen LogP contribution in [0.2, 0.25) is 0 Å². The van der Waals surface area contributed by atoms with Crippen molar-refractivity contribution in [3.63, 3.8) is 0 Å². The molecule has 1 aliphatic rings. The lowest BCUT2D eigenvalue weighted by molar-refractivity contribution is -0.117. The molecule has 0 spiro atoms. The van der Waals surface area contributed by atoms with Gasteiger partial charge in [-0.3, -0.25) is 10.1 Å². The van der Waals surface area contributed by atoms with Crippen molar-refractivity contribution in [2.24, 2.45) is 0 Å². The van der Waals surface area contributed by atoms with Crippen molar-refractivity contribution in [3.8, 4) is 0 Å². The van der Waals surface area contributed by atoms with Crippen LogP contribution in [0, 0.1) is 0 Å². The van der Waals surface area contributed by atoms with Gasteiger partial charge < -0.3 is 0 Å². The Labute approximate surface area is 158 Å². The summed E-state index contributed by atoms with van der Waals surface area (Å²) in [5, 5.41) is 9.07. The van der Waals surface area contributed by atoms with E-state index < -0.39 is 7.26 Å². The van der Waals surface area contributed by atoms with Crippen LogP contribution in [0.3, 0.4) is 0 Å². The van der Waals surface area contributed by atoms with Crippen molar-refractivity contribution < 1.29 is 4.79 Å². The first-order valence-corrected chi connectivity index (χ1v) is 11.3. The van der Waals surface area contributed by atoms with Crippen LogP contribution in [-0.2, 0) is 4.79 Å². The maximum atomic E-state index is 12.3. The number of benzene rings is 3. The second-order valence-corrected chi connectivity index (χ2v) is 10.3. The molecular weight excluding hydrogens is 357 g/mol. The van der Waals surface area contributed by atoms with E-state index in [1.165, 1.54) is 15.9 Å². The van der Waals surface area contributed by atoms with Crippen LogP contribution in [0.15, 0.2) is 102 Å². The number of hydrogen-bond donors (Lipinski definition) is 1. The van der Waals surface area contributed by atoms with Gasteiger partial charge >= 0.3 is 0 Å². The van der Waals surface area contributed by atoms with E-state index in [0.717, 1.165) is 5.44 Å². The van der Waals surface area contributed by atoms with Gasteiger partial charge in [0.15, 0.2) is 12.7 Å². The Bertz CT molecular complexity index is 829. The predicted molar refractivity (Wildman–Crippen MR) is 114 cm³/mol. The highest BCUT2D eigenvalue weighted by Crippen LogP contribution is 2.62. The maximum absolute atomic E-state index is 12.3. The van der Waals surface area contributed by atoms with Gasteiger partial charge in [0.2, 0.25) is 5.91 Å². The molecule has 0 aliphatic carbocycles. The minimum Gasteiger partial charge on any atom is -0.295 e.